The molecule has 22 heavy (non-hydrogen) atoms. The maximum atomic E-state index is 12.9. The Bertz CT molecular complexity index is 860. The first-order valence-electron chi connectivity index (χ1n) is 6.68. The van der Waals surface area contributed by atoms with Crippen LogP contribution >= 0.6 is 12.2 Å². The summed E-state index contributed by atoms with van der Waals surface area (Å²) in [5.41, 5.74) is 2.85. The van der Waals surface area contributed by atoms with Crippen molar-refractivity contribution in [3.63, 3.8) is 0 Å². The third-order valence-corrected chi connectivity index (χ3v) is 3.42. The van der Waals surface area contributed by atoms with Gasteiger partial charge in [-0.25, -0.2) is 9.49 Å². The summed E-state index contributed by atoms with van der Waals surface area (Å²) in [7, 11) is 0. The largest absolute Gasteiger partial charge is 0.250 e. The van der Waals surface area contributed by atoms with Crippen molar-refractivity contribution < 1.29 is 4.39 Å². The van der Waals surface area contributed by atoms with E-state index in [1.807, 2.05) is 31.2 Å². The number of hydrogen-bond donors (Lipinski definition) is 1. The molecule has 1 aromatic heterocycles. The number of benzene rings is 2. The summed E-state index contributed by atoms with van der Waals surface area (Å²) in [6.07, 6.45) is 1.61. The highest BCUT2D eigenvalue weighted by molar-refractivity contribution is 7.71. The topological polar surface area (TPSA) is 46.0 Å². The smallest absolute Gasteiger partial charge is 0.216 e. The number of nitrogens with zero attached hydrogens (tertiary/aromatic N) is 3. The van der Waals surface area contributed by atoms with Crippen LogP contribution in [0.3, 0.4) is 0 Å². The molecule has 4 nitrogen and oxygen atoms in total. The zero-order chi connectivity index (χ0) is 15.5. The molecule has 6 heteroatoms. The molecule has 3 aromatic rings. The lowest BCUT2D eigenvalue weighted by molar-refractivity contribution is 0.628. The maximum Gasteiger partial charge on any atom is 0.216 e. The van der Waals surface area contributed by atoms with Crippen molar-refractivity contribution in [1.82, 2.24) is 14.9 Å². The molecule has 0 spiro atoms. The Morgan fingerprint density at radius 3 is 2.50 bits per heavy atom. The number of hydrogen-bond acceptors (Lipinski definition) is 3. The van der Waals surface area contributed by atoms with Crippen molar-refractivity contribution in [2.45, 2.75) is 6.92 Å². The highest BCUT2D eigenvalue weighted by Gasteiger charge is 2.07. The van der Waals surface area contributed by atoms with E-state index in [4.69, 9.17) is 12.2 Å². The van der Waals surface area contributed by atoms with Crippen LogP contribution in [0.5, 0.6) is 0 Å². The molecule has 110 valence electrons. The second-order valence-corrected chi connectivity index (χ2v) is 5.21. The number of nitrogens with one attached hydrogen (secondary N) is 1. The number of aryl methyl sites for hydroxylation is 1. The van der Waals surface area contributed by atoms with E-state index in [9.17, 15) is 4.39 Å². The van der Waals surface area contributed by atoms with Gasteiger partial charge in [0.15, 0.2) is 5.82 Å². The normalized spacial score (nSPS) is 11.2. The predicted molar refractivity (Wildman–Crippen MR) is 87.0 cm³/mol. The number of rotatable bonds is 3. The van der Waals surface area contributed by atoms with E-state index in [1.54, 1.807) is 23.0 Å². The van der Waals surface area contributed by atoms with Gasteiger partial charge in [0.2, 0.25) is 4.77 Å². The van der Waals surface area contributed by atoms with Crippen LogP contribution in [0, 0.1) is 17.5 Å². The SMILES string of the molecule is Cc1ccc(-c2n[nH]c(=S)n2N=Cc2ccc(F)cc2)cc1. The molecular formula is C16H13FN4S. The number of halogens is 1. The molecule has 0 amide bonds. The Morgan fingerprint density at radius 2 is 1.82 bits per heavy atom. The van der Waals surface area contributed by atoms with E-state index in [1.165, 1.54) is 17.7 Å². The lowest BCUT2D eigenvalue weighted by atomic mass is 10.1. The van der Waals surface area contributed by atoms with Gasteiger partial charge in [0.05, 0.1) is 6.21 Å². The monoisotopic (exact) mass is 312 g/mol. The first-order chi connectivity index (χ1) is 10.6. The molecule has 3 rings (SSSR count). The third kappa shape index (κ3) is 3.01. The molecule has 0 aliphatic heterocycles. The Balaban J connectivity index is 1.97. The summed E-state index contributed by atoms with van der Waals surface area (Å²) in [5.74, 6) is 0.348. The van der Waals surface area contributed by atoms with Crippen LogP contribution in [-0.4, -0.2) is 21.1 Å². The molecule has 0 saturated carbocycles. The van der Waals surface area contributed by atoms with E-state index in [2.05, 4.69) is 15.3 Å². The van der Waals surface area contributed by atoms with Gasteiger partial charge in [0.25, 0.3) is 0 Å². The summed E-state index contributed by atoms with van der Waals surface area (Å²) in [4.78, 5) is 0. The minimum atomic E-state index is -0.280. The summed E-state index contributed by atoms with van der Waals surface area (Å²) in [5, 5.41) is 11.3. The molecule has 0 radical (unpaired) electrons. The molecule has 0 aliphatic carbocycles. The lowest BCUT2D eigenvalue weighted by Gasteiger charge is -2.01. The van der Waals surface area contributed by atoms with Gasteiger partial charge < -0.3 is 0 Å². The standard InChI is InChI=1S/C16H13FN4S/c1-11-2-6-13(7-3-11)15-19-20-16(22)21(15)18-10-12-4-8-14(17)9-5-12/h2-10H,1H3,(H,20,22). The second kappa shape index (κ2) is 6.03. The van der Waals surface area contributed by atoms with Crippen LogP contribution in [0.15, 0.2) is 53.6 Å². The van der Waals surface area contributed by atoms with Crippen molar-refractivity contribution in [2.75, 3.05) is 0 Å². The van der Waals surface area contributed by atoms with E-state index in [0.717, 1.165) is 11.1 Å². The summed E-state index contributed by atoms with van der Waals surface area (Å²) < 4.78 is 14.8. The van der Waals surface area contributed by atoms with Gasteiger partial charge >= 0.3 is 0 Å². The highest BCUT2D eigenvalue weighted by Crippen LogP contribution is 2.17. The Labute approximate surface area is 131 Å². The van der Waals surface area contributed by atoms with Crippen LogP contribution in [0.4, 0.5) is 4.39 Å². The summed E-state index contributed by atoms with van der Waals surface area (Å²) in [6.45, 7) is 2.02. The zero-order valence-electron chi connectivity index (χ0n) is 11.8. The molecule has 1 N–H and O–H groups in total. The van der Waals surface area contributed by atoms with Gasteiger partial charge in [-0.1, -0.05) is 42.0 Å². The minimum Gasteiger partial charge on any atom is -0.250 e. The van der Waals surface area contributed by atoms with Crippen molar-refractivity contribution in [3.05, 3.63) is 70.2 Å². The molecule has 0 unspecified atom stereocenters. The molecule has 0 bridgehead atoms. The van der Waals surface area contributed by atoms with Gasteiger partial charge in [-0.15, -0.1) is 0 Å². The quantitative estimate of drug-likeness (QED) is 0.588. The first-order valence-corrected chi connectivity index (χ1v) is 7.09. The summed E-state index contributed by atoms with van der Waals surface area (Å²) >= 11 is 5.21. The van der Waals surface area contributed by atoms with Crippen molar-refractivity contribution in [1.29, 1.82) is 0 Å². The molecule has 0 saturated heterocycles. The van der Waals surface area contributed by atoms with Crippen LogP contribution in [-0.2, 0) is 0 Å². The van der Waals surface area contributed by atoms with Crippen LogP contribution in [0.1, 0.15) is 11.1 Å². The molecule has 2 aromatic carbocycles. The highest BCUT2D eigenvalue weighted by atomic mass is 32.1. The van der Waals surface area contributed by atoms with Crippen LogP contribution in [0.2, 0.25) is 0 Å². The van der Waals surface area contributed by atoms with E-state index < -0.39 is 0 Å². The number of aromatic amines is 1. The van der Waals surface area contributed by atoms with E-state index >= 15 is 0 Å². The number of H-pyrrole nitrogens is 1. The van der Waals surface area contributed by atoms with Crippen molar-refractivity contribution >= 4 is 18.4 Å². The second-order valence-electron chi connectivity index (χ2n) is 4.83. The fraction of sp³-hybridized carbons (Fsp3) is 0.0625. The van der Waals surface area contributed by atoms with Gasteiger partial charge in [-0.3, -0.25) is 0 Å². The fourth-order valence-electron chi connectivity index (χ4n) is 1.96. The molecule has 0 atom stereocenters. The third-order valence-electron chi connectivity index (χ3n) is 3.15. The molecule has 0 fully saturated rings. The molecular weight excluding hydrogens is 299 g/mol. The Morgan fingerprint density at radius 1 is 1.14 bits per heavy atom. The number of aromatic nitrogens is 3. The fourth-order valence-corrected chi connectivity index (χ4v) is 2.14. The lowest BCUT2D eigenvalue weighted by Crippen LogP contribution is -1.95. The van der Waals surface area contributed by atoms with Crippen LogP contribution in [0.25, 0.3) is 11.4 Å². The zero-order valence-corrected chi connectivity index (χ0v) is 12.6. The van der Waals surface area contributed by atoms with E-state index in [0.29, 0.717) is 10.6 Å². The van der Waals surface area contributed by atoms with E-state index in [-0.39, 0.29) is 5.82 Å². The summed E-state index contributed by atoms with van der Waals surface area (Å²) in [6, 6.07) is 14.0. The van der Waals surface area contributed by atoms with Crippen molar-refractivity contribution in [2.24, 2.45) is 5.10 Å². The average Bonchev–Trinajstić information content (AvgIpc) is 2.89. The minimum absolute atomic E-state index is 0.280. The maximum absolute atomic E-state index is 12.9. The van der Waals surface area contributed by atoms with Crippen LogP contribution < -0.4 is 0 Å². The van der Waals surface area contributed by atoms with Gasteiger partial charge in [-0.05, 0) is 36.8 Å². The van der Waals surface area contributed by atoms with Gasteiger partial charge in [0.1, 0.15) is 5.82 Å². The Hall–Kier alpha value is -2.60. The van der Waals surface area contributed by atoms with Gasteiger partial charge in [0, 0.05) is 5.56 Å². The average molecular weight is 312 g/mol. The molecule has 0 aliphatic rings. The first kappa shape index (κ1) is 14.3. The van der Waals surface area contributed by atoms with Gasteiger partial charge in [-0.2, -0.15) is 14.9 Å². The Kier molecular flexibility index (Phi) is 3.93. The van der Waals surface area contributed by atoms with Crippen molar-refractivity contribution in [3.8, 4) is 11.4 Å². The predicted octanol–water partition coefficient (Wildman–Crippen LogP) is 3.94. The molecule has 1 heterocycles.